The molecule has 3 N–H and O–H groups in total. The minimum atomic E-state index is -0.297. The highest BCUT2D eigenvalue weighted by molar-refractivity contribution is 9.10. The molecule has 1 rings (SSSR count). The number of aliphatic hydroxyl groups excluding tert-OH is 1. The molecule has 0 saturated heterocycles. The first-order valence-corrected chi connectivity index (χ1v) is 7.43. The summed E-state index contributed by atoms with van der Waals surface area (Å²) in [6, 6.07) is 6.04. The van der Waals surface area contributed by atoms with Gasteiger partial charge in [0.1, 0.15) is 5.75 Å². The molecule has 21 heavy (non-hydrogen) atoms. The number of aliphatic hydroxyl groups is 1. The largest absolute Gasteiger partial charge is 0.494 e. The fraction of sp³-hybridized carbons (Fsp3) is 0.571. The van der Waals surface area contributed by atoms with Crippen LogP contribution in [-0.4, -0.2) is 37.5 Å². The maximum absolute atomic E-state index is 9.11. The molecule has 7 heteroatoms. The quantitative estimate of drug-likeness (QED) is 0.555. The first kappa shape index (κ1) is 23.2. The van der Waals surface area contributed by atoms with E-state index in [4.69, 9.17) is 9.84 Å². The van der Waals surface area contributed by atoms with Gasteiger partial charge < -0.3 is 20.5 Å². The van der Waals surface area contributed by atoms with Gasteiger partial charge in [-0.2, -0.15) is 0 Å². The average molecular weight is 404 g/mol. The number of hydrogen-bond acceptors (Lipinski definition) is 4. The number of benzene rings is 1. The smallest absolute Gasteiger partial charge is 0.123 e. The minimum absolute atomic E-state index is 0. The van der Waals surface area contributed by atoms with Crippen molar-refractivity contribution in [3.63, 3.8) is 0 Å². The monoisotopic (exact) mass is 402 g/mol. The third-order valence-corrected chi connectivity index (χ3v) is 3.05. The summed E-state index contributed by atoms with van der Waals surface area (Å²) in [6.45, 7) is 7.52. The molecule has 1 aromatic carbocycles. The van der Waals surface area contributed by atoms with E-state index in [0.717, 1.165) is 35.4 Å². The van der Waals surface area contributed by atoms with Crippen LogP contribution < -0.4 is 15.4 Å². The van der Waals surface area contributed by atoms with Crippen LogP contribution in [0.4, 0.5) is 0 Å². The summed E-state index contributed by atoms with van der Waals surface area (Å²) < 4.78 is 6.65. The van der Waals surface area contributed by atoms with Gasteiger partial charge in [0, 0.05) is 36.2 Å². The second kappa shape index (κ2) is 13.6. The van der Waals surface area contributed by atoms with Crippen LogP contribution >= 0.6 is 40.7 Å². The summed E-state index contributed by atoms with van der Waals surface area (Å²) in [6.07, 6.45) is -0.297. The summed E-state index contributed by atoms with van der Waals surface area (Å²) in [5, 5.41) is 15.6. The third kappa shape index (κ3) is 10.3. The Morgan fingerprint density at radius 1 is 1.24 bits per heavy atom. The summed E-state index contributed by atoms with van der Waals surface area (Å²) >= 11 is 3.47. The van der Waals surface area contributed by atoms with E-state index in [1.165, 1.54) is 0 Å². The molecule has 0 aliphatic rings. The lowest BCUT2D eigenvalue weighted by atomic mass is 10.2. The van der Waals surface area contributed by atoms with Gasteiger partial charge in [0.2, 0.25) is 0 Å². The van der Waals surface area contributed by atoms with E-state index < -0.39 is 0 Å². The van der Waals surface area contributed by atoms with Crippen LogP contribution in [0.3, 0.4) is 0 Å². The minimum Gasteiger partial charge on any atom is -0.494 e. The van der Waals surface area contributed by atoms with Crippen LogP contribution in [0.25, 0.3) is 0 Å². The van der Waals surface area contributed by atoms with Crippen LogP contribution in [0.5, 0.6) is 5.75 Å². The Labute approximate surface area is 148 Å². The van der Waals surface area contributed by atoms with E-state index in [1.807, 2.05) is 19.1 Å². The van der Waals surface area contributed by atoms with Gasteiger partial charge in [0.25, 0.3) is 0 Å². The van der Waals surface area contributed by atoms with Crippen molar-refractivity contribution in [3.05, 3.63) is 28.2 Å². The predicted octanol–water partition coefficient (Wildman–Crippen LogP) is 2.75. The number of hydrogen-bond donors (Lipinski definition) is 3. The van der Waals surface area contributed by atoms with Gasteiger partial charge in [-0.25, -0.2) is 0 Å². The van der Waals surface area contributed by atoms with Gasteiger partial charge in [0.05, 0.1) is 12.7 Å². The maximum Gasteiger partial charge on any atom is 0.123 e. The number of halogens is 3. The molecule has 1 atom stereocenters. The number of nitrogens with one attached hydrogen (secondary N) is 2. The SMILES string of the molecule is CCOc1ccc(Br)cc1CNCCNCC(C)O.Cl.Cl. The van der Waals surface area contributed by atoms with E-state index in [-0.39, 0.29) is 30.9 Å². The van der Waals surface area contributed by atoms with Gasteiger partial charge in [0.15, 0.2) is 0 Å². The van der Waals surface area contributed by atoms with E-state index in [9.17, 15) is 0 Å². The zero-order valence-corrected chi connectivity index (χ0v) is 15.6. The van der Waals surface area contributed by atoms with Crippen molar-refractivity contribution < 1.29 is 9.84 Å². The van der Waals surface area contributed by atoms with Gasteiger partial charge in [-0.3, -0.25) is 0 Å². The molecule has 0 saturated carbocycles. The van der Waals surface area contributed by atoms with Crippen LogP contribution in [0.2, 0.25) is 0 Å². The maximum atomic E-state index is 9.11. The predicted molar refractivity (Wildman–Crippen MR) is 96.1 cm³/mol. The van der Waals surface area contributed by atoms with Crippen LogP contribution in [0.1, 0.15) is 19.4 Å². The second-order valence-electron chi connectivity index (χ2n) is 4.41. The van der Waals surface area contributed by atoms with Gasteiger partial charge >= 0.3 is 0 Å². The molecule has 0 aromatic heterocycles. The normalized spacial score (nSPS) is 11.2. The first-order valence-electron chi connectivity index (χ1n) is 6.64. The summed E-state index contributed by atoms with van der Waals surface area (Å²) in [5.74, 6) is 0.926. The van der Waals surface area contributed by atoms with Crippen molar-refractivity contribution in [3.8, 4) is 5.75 Å². The molecule has 0 spiro atoms. The molecule has 1 unspecified atom stereocenters. The second-order valence-corrected chi connectivity index (χ2v) is 5.33. The van der Waals surface area contributed by atoms with E-state index in [1.54, 1.807) is 6.92 Å². The lowest BCUT2D eigenvalue weighted by Crippen LogP contribution is -2.31. The van der Waals surface area contributed by atoms with Gasteiger partial charge in [-0.15, -0.1) is 24.8 Å². The number of ether oxygens (including phenoxy) is 1. The van der Waals surface area contributed by atoms with Crippen molar-refractivity contribution >= 4 is 40.7 Å². The van der Waals surface area contributed by atoms with Crippen LogP contribution in [0, 0.1) is 0 Å². The zero-order chi connectivity index (χ0) is 14.1. The molecule has 0 bridgehead atoms. The van der Waals surface area contributed by atoms with Crippen molar-refractivity contribution in [2.24, 2.45) is 0 Å². The molecule has 0 fully saturated rings. The van der Waals surface area contributed by atoms with Crippen LogP contribution in [0.15, 0.2) is 22.7 Å². The van der Waals surface area contributed by atoms with Gasteiger partial charge in [-0.05, 0) is 32.0 Å². The van der Waals surface area contributed by atoms with Crippen molar-refractivity contribution in [1.29, 1.82) is 0 Å². The third-order valence-electron chi connectivity index (χ3n) is 2.56. The topological polar surface area (TPSA) is 53.5 Å². The van der Waals surface area contributed by atoms with E-state index in [2.05, 4.69) is 32.6 Å². The molecule has 124 valence electrons. The summed E-state index contributed by atoms with van der Waals surface area (Å²) in [4.78, 5) is 0. The molecule has 0 heterocycles. The Bertz CT molecular complexity index is 382. The van der Waals surface area contributed by atoms with Crippen molar-refractivity contribution in [1.82, 2.24) is 10.6 Å². The highest BCUT2D eigenvalue weighted by Crippen LogP contribution is 2.23. The Morgan fingerprint density at radius 2 is 1.90 bits per heavy atom. The summed E-state index contributed by atoms with van der Waals surface area (Å²) in [7, 11) is 0. The van der Waals surface area contributed by atoms with Crippen molar-refractivity contribution in [2.75, 3.05) is 26.2 Å². The number of rotatable bonds is 9. The highest BCUT2D eigenvalue weighted by atomic mass is 79.9. The average Bonchev–Trinajstić information content (AvgIpc) is 2.36. The van der Waals surface area contributed by atoms with Crippen molar-refractivity contribution in [2.45, 2.75) is 26.5 Å². The van der Waals surface area contributed by atoms with E-state index in [0.29, 0.717) is 13.2 Å². The Hall–Kier alpha value is -0.0400. The lowest BCUT2D eigenvalue weighted by Gasteiger charge is -2.12. The zero-order valence-electron chi connectivity index (χ0n) is 12.4. The molecule has 0 aliphatic heterocycles. The molecular weight excluding hydrogens is 379 g/mol. The molecule has 4 nitrogen and oxygen atoms in total. The fourth-order valence-electron chi connectivity index (χ4n) is 1.69. The molecule has 0 radical (unpaired) electrons. The summed E-state index contributed by atoms with van der Waals surface area (Å²) in [5.41, 5.74) is 1.15. The van der Waals surface area contributed by atoms with E-state index >= 15 is 0 Å². The molecule has 0 amide bonds. The Kier molecular flexibility index (Phi) is 15.1. The Balaban J connectivity index is 0. The molecule has 1 aromatic rings. The highest BCUT2D eigenvalue weighted by Gasteiger charge is 2.03. The van der Waals surface area contributed by atoms with Crippen LogP contribution in [-0.2, 0) is 6.54 Å². The van der Waals surface area contributed by atoms with Gasteiger partial charge in [-0.1, -0.05) is 15.9 Å². The lowest BCUT2D eigenvalue weighted by molar-refractivity contribution is 0.191. The molecule has 0 aliphatic carbocycles. The first-order chi connectivity index (χ1) is 9.13. The molecular formula is C14H25BrCl2N2O2. The standard InChI is InChI=1S/C14H23BrN2O2.2ClH/c1-3-19-14-5-4-13(15)8-12(14)10-17-7-6-16-9-11(2)18;;/h4-5,8,11,16-18H,3,6-7,9-10H2,1-2H3;2*1H. The fourth-order valence-corrected chi connectivity index (χ4v) is 2.10. The Morgan fingerprint density at radius 3 is 2.52 bits per heavy atom.